The van der Waals surface area contributed by atoms with Gasteiger partial charge in [-0.15, -0.1) is 0 Å². The maximum atomic E-state index is 11.7. The van der Waals surface area contributed by atoms with Crippen LogP contribution in [0.2, 0.25) is 0 Å². The van der Waals surface area contributed by atoms with Gasteiger partial charge in [0.05, 0.1) is 19.8 Å². The van der Waals surface area contributed by atoms with Crippen molar-refractivity contribution in [2.75, 3.05) is 53.1 Å². The molecule has 0 aromatic rings. The Bertz CT molecular complexity index is 226. The number of rotatable bonds is 7. The van der Waals surface area contributed by atoms with Crippen molar-refractivity contribution in [1.29, 1.82) is 0 Å². The summed E-state index contributed by atoms with van der Waals surface area (Å²) in [5.74, 6) is 0.0430. The molecule has 1 atom stereocenters. The molecule has 1 aliphatic heterocycles. The minimum Gasteiger partial charge on any atom is -0.385 e. The molecule has 100 valence electrons. The highest BCUT2D eigenvalue weighted by Crippen LogP contribution is 2.04. The molecule has 0 aromatic carbocycles. The second-order valence-electron chi connectivity index (χ2n) is 4.13. The molecule has 0 aliphatic carbocycles. The van der Waals surface area contributed by atoms with E-state index in [9.17, 15) is 4.79 Å². The van der Waals surface area contributed by atoms with Gasteiger partial charge in [-0.1, -0.05) is 0 Å². The fourth-order valence-corrected chi connectivity index (χ4v) is 1.80. The molecule has 1 fully saturated rings. The van der Waals surface area contributed by atoms with E-state index < -0.39 is 0 Å². The fraction of sp³-hybridized carbons (Fsp3) is 0.909. The summed E-state index contributed by atoms with van der Waals surface area (Å²) in [4.78, 5) is 13.7. The van der Waals surface area contributed by atoms with Crippen LogP contribution in [0.25, 0.3) is 0 Å². The molecule has 3 N–H and O–H groups in total. The normalized spacial score (nSPS) is 21.4. The van der Waals surface area contributed by atoms with E-state index in [1.54, 1.807) is 7.11 Å². The SMILES string of the molecule is COCCCNC(=O)CN1CCOCC1CN. The number of ether oxygens (including phenoxy) is 2. The molecule has 1 saturated heterocycles. The van der Waals surface area contributed by atoms with E-state index in [2.05, 4.69) is 10.2 Å². The first-order valence-electron chi connectivity index (χ1n) is 6.05. The topological polar surface area (TPSA) is 76.8 Å². The van der Waals surface area contributed by atoms with Crippen LogP contribution in [0.15, 0.2) is 0 Å². The summed E-state index contributed by atoms with van der Waals surface area (Å²) in [7, 11) is 1.65. The Kier molecular flexibility index (Phi) is 7.11. The Morgan fingerprint density at radius 1 is 1.65 bits per heavy atom. The monoisotopic (exact) mass is 245 g/mol. The van der Waals surface area contributed by atoms with Crippen LogP contribution in [0.4, 0.5) is 0 Å². The summed E-state index contributed by atoms with van der Waals surface area (Å²) in [6.07, 6.45) is 0.839. The van der Waals surface area contributed by atoms with Gasteiger partial charge in [0.2, 0.25) is 5.91 Å². The summed E-state index contributed by atoms with van der Waals surface area (Å²) in [5, 5.41) is 2.87. The Balaban J connectivity index is 2.19. The first-order valence-corrected chi connectivity index (χ1v) is 6.05. The van der Waals surface area contributed by atoms with Gasteiger partial charge in [-0.2, -0.15) is 0 Å². The number of nitrogens with zero attached hydrogens (tertiary/aromatic N) is 1. The zero-order valence-corrected chi connectivity index (χ0v) is 10.5. The molecule has 0 spiro atoms. The maximum Gasteiger partial charge on any atom is 0.234 e. The molecule has 1 unspecified atom stereocenters. The number of hydrogen-bond acceptors (Lipinski definition) is 5. The molecule has 0 radical (unpaired) electrons. The van der Waals surface area contributed by atoms with Crippen molar-refractivity contribution in [3.05, 3.63) is 0 Å². The molecule has 1 aliphatic rings. The van der Waals surface area contributed by atoms with Crippen LogP contribution < -0.4 is 11.1 Å². The van der Waals surface area contributed by atoms with Crippen LogP contribution in [0.5, 0.6) is 0 Å². The minimum absolute atomic E-state index is 0.0430. The molecular formula is C11H23N3O3. The van der Waals surface area contributed by atoms with Gasteiger partial charge < -0.3 is 20.5 Å². The van der Waals surface area contributed by atoms with Gasteiger partial charge in [0.1, 0.15) is 0 Å². The smallest absolute Gasteiger partial charge is 0.234 e. The molecule has 6 heteroatoms. The number of amides is 1. The van der Waals surface area contributed by atoms with Gasteiger partial charge in [0.25, 0.3) is 0 Å². The van der Waals surface area contributed by atoms with Crippen molar-refractivity contribution in [3.63, 3.8) is 0 Å². The van der Waals surface area contributed by atoms with E-state index in [1.165, 1.54) is 0 Å². The number of hydrogen-bond donors (Lipinski definition) is 2. The number of nitrogens with one attached hydrogen (secondary N) is 1. The first-order chi connectivity index (χ1) is 8.27. The molecular weight excluding hydrogens is 222 g/mol. The van der Waals surface area contributed by atoms with E-state index in [-0.39, 0.29) is 11.9 Å². The Labute approximate surface area is 102 Å². The third kappa shape index (κ3) is 5.45. The van der Waals surface area contributed by atoms with Gasteiger partial charge >= 0.3 is 0 Å². The highest BCUT2D eigenvalue weighted by molar-refractivity contribution is 5.78. The van der Waals surface area contributed by atoms with Gasteiger partial charge in [-0.3, -0.25) is 9.69 Å². The third-order valence-corrected chi connectivity index (χ3v) is 2.82. The summed E-state index contributed by atoms with van der Waals surface area (Å²) < 4.78 is 10.2. The Morgan fingerprint density at radius 2 is 2.47 bits per heavy atom. The molecule has 17 heavy (non-hydrogen) atoms. The number of carbonyl (C=O) groups is 1. The number of carbonyl (C=O) groups excluding carboxylic acids is 1. The van der Waals surface area contributed by atoms with Crippen molar-refractivity contribution >= 4 is 5.91 Å². The van der Waals surface area contributed by atoms with Crippen LogP contribution in [0.3, 0.4) is 0 Å². The fourth-order valence-electron chi connectivity index (χ4n) is 1.80. The Hall–Kier alpha value is -0.690. The summed E-state index contributed by atoms with van der Waals surface area (Å²) in [6.45, 7) is 4.32. The minimum atomic E-state index is 0.0430. The molecule has 0 saturated carbocycles. The zero-order valence-electron chi connectivity index (χ0n) is 10.5. The second kappa shape index (κ2) is 8.41. The number of nitrogens with two attached hydrogens (primary N) is 1. The van der Waals surface area contributed by atoms with E-state index in [4.69, 9.17) is 15.2 Å². The molecule has 6 nitrogen and oxygen atoms in total. The summed E-state index contributed by atoms with van der Waals surface area (Å²) in [5.41, 5.74) is 5.64. The quantitative estimate of drug-likeness (QED) is 0.551. The Morgan fingerprint density at radius 3 is 3.18 bits per heavy atom. The largest absolute Gasteiger partial charge is 0.385 e. The van der Waals surface area contributed by atoms with Gasteiger partial charge in [-0.05, 0) is 6.42 Å². The average molecular weight is 245 g/mol. The molecule has 1 rings (SSSR count). The van der Waals surface area contributed by atoms with Crippen molar-refractivity contribution in [1.82, 2.24) is 10.2 Å². The van der Waals surface area contributed by atoms with E-state index in [1.807, 2.05) is 0 Å². The maximum absolute atomic E-state index is 11.7. The standard InChI is InChI=1S/C11H23N3O3/c1-16-5-2-3-13-11(15)8-14-4-6-17-9-10(14)7-12/h10H,2-9,12H2,1H3,(H,13,15). The molecule has 1 heterocycles. The van der Waals surface area contributed by atoms with Gasteiger partial charge in [0.15, 0.2) is 0 Å². The van der Waals surface area contributed by atoms with Crippen molar-refractivity contribution in [3.8, 4) is 0 Å². The lowest BCUT2D eigenvalue weighted by molar-refractivity contribution is -0.124. The first kappa shape index (κ1) is 14.4. The molecule has 1 amide bonds. The van der Waals surface area contributed by atoms with Gasteiger partial charge in [-0.25, -0.2) is 0 Å². The van der Waals surface area contributed by atoms with E-state index in [0.717, 1.165) is 13.0 Å². The summed E-state index contributed by atoms with van der Waals surface area (Å²) >= 11 is 0. The average Bonchev–Trinajstić information content (AvgIpc) is 2.35. The predicted octanol–water partition coefficient (Wildman–Crippen LogP) is -1.20. The highest BCUT2D eigenvalue weighted by Gasteiger charge is 2.23. The third-order valence-electron chi connectivity index (χ3n) is 2.82. The lowest BCUT2D eigenvalue weighted by Crippen LogP contribution is -2.52. The van der Waals surface area contributed by atoms with Crippen molar-refractivity contribution < 1.29 is 14.3 Å². The zero-order chi connectivity index (χ0) is 12.5. The van der Waals surface area contributed by atoms with Crippen LogP contribution in [0.1, 0.15) is 6.42 Å². The van der Waals surface area contributed by atoms with Crippen molar-refractivity contribution in [2.24, 2.45) is 5.73 Å². The lowest BCUT2D eigenvalue weighted by atomic mass is 10.2. The molecule has 0 aromatic heterocycles. The predicted molar refractivity (Wildman–Crippen MR) is 64.7 cm³/mol. The van der Waals surface area contributed by atoms with Crippen LogP contribution in [-0.4, -0.2) is 70.0 Å². The van der Waals surface area contributed by atoms with Crippen molar-refractivity contribution in [2.45, 2.75) is 12.5 Å². The van der Waals surface area contributed by atoms with Gasteiger partial charge in [0, 0.05) is 39.4 Å². The van der Waals surface area contributed by atoms with E-state index >= 15 is 0 Å². The van der Waals surface area contributed by atoms with E-state index in [0.29, 0.717) is 39.5 Å². The highest BCUT2D eigenvalue weighted by atomic mass is 16.5. The number of methoxy groups -OCH3 is 1. The number of morpholine rings is 1. The van der Waals surface area contributed by atoms with Crippen LogP contribution >= 0.6 is 0 Å². The summed E-state index contributed by atoms with van der Waals surface area (Å²) in [6, 6.07) is 0.161. The van der Waals surface area contributed by atoms with Crippen LogP contribution in [0, 0.1) is 0 Å². The lowest BCUT2D eigenvalue weighted by Gasteiger charge is -2.34. The second-order valence-corrected chi connectivity index (χ2v) is 4.13. The van der Waals surface area contributed by atoms with Crippen LogP contribution in [-0.2, 0) is 14.3 Å². The molecule has 0 bridgehead atoms.